The molecule has 1 amide bonds. The predicted octanol–water partition coefficient (Wildman–Crippen LogP) is 3.90. The van der Waals surface area contributed by atoms with Crippen LogP contribution in [-0.4, -0.2) is 54.6 Å². The van der Waals surface area contributed by atoms with Crippen LogP contribution in [0.5, 0.6) is 5.75 Å². The molecule has 4 rings (SSSR count). The van der Waals surface area contributed by atoms with Crippen LogP contribution in [0.25, 0.3) is 10.9 Å². The SMILES string of the molecule is CCC(C)c1n[nH]c2cc(O)c(C(=O)N(C)c3ccc(N4CCOCC4)cc3)cc12. The second-order valence-electron chi connectivity index (χ2n) is 7.81. The van der Waals surface area contributed by atoms with Gasteiger partial charge in [0.15, 0.2) is 0 Å². The van der Waals surface area contributed by atoms with Gasteiger partial charge in [0.1, 0.15) is 5.75 Å². The molecule has 2 N–H and O–H groups in total. The Labute approximate surface area is 176 Å². The Bertz CT molecular complexity index is 1040. The molecular weight excluding hydrogens is 380 g/mol. The van der Waals surface area contributed by atoms with Gasteiger partial charge in [-0.3, -0.25) is 9.89 Å². The third kappa shape index (κ3) is 3.73. The van der Waals surface area contributed by atoms with E-state index in [1.165, 1.54) is 0 Å². The lowest BCUT2D eigenvalue weighted by atomic mass is 9.99. The minimum absolute atomic E-state index is 0.0522. The van der Waals surface area contributed by atoms with E-state index in [9.17, 15) is 9.90 Å². The van der Waals surface area contributed by atoms with Gasteiger partial charge in [0.2, 0.25) is 0 Å². The van der Waals surface area contributed by atoms with Gasteiger partial charge in [-0.25, -0.2) is 0 Å². The van der Waals surface area contributed by atoms with E-state index in [4.69, 9.17) is 4.74 Å². The summed E-state index contributed by atoms with van der Waals surface area (Å²) in [5.74, 6) is -0.0508. The minimum Gasteiger partial charge on any atom is -0.507 e. The van der Waals surface area contributed by atoms with Gasteiger partial charge in [0.05, 0.1) is 30.0 Å². The van der Waals surface area contributed by atoms with Crippen molar-refractivity contribution in [3.8, 4) is 5.75 Å². The first-order valence-corrected chi connectivity index (χ1v) is 10.4. The van der Waals surface area contributed by atoms with Gasteiger partial charge in [-0.2, -0.15) is 5.10 Å². The summed E-state index contributed by atoms with van der Waals surface area (Å²) in [5, 5.41) is 18.7. The zero-order valence-corrected chi connectivity index (χ0v) is 17.7. The molecule has 0 aliphatic carbocycles. The van der Waals surface area contributed by atoms with Crippen molar-refractivity contribution in [1.82, 2.24) is 10.2 Å². The second-order valence-corrected chi connectivity index (χ2v) is 7.81. The first-order chi connectivity index (χ1) is 14.5. The van der Waals surface area contributed by atoms with Gasteiger partial charge in [0, 0.05) is 48.9 Å². The number of phenols is 1. The number of rotatable bonds is 5. The summed E-state index contributed by atoms with van der Waals surface area (Å²) in [5.41, 5.74) is 3.80. The van der Waals surface area contributed by atoms with Gasteiger partial charge in [-0.05, 0) is 36.8 Å². The molecule has 2 heterocycles. The largest absolute Gasteiger partial charge is 0.507 e. The number of aromatic hydroxyl groups is 1. The fourth-order valence-electron chi connectivity index (χ4n) is 3.82. The lowest BCUT2D eigenvalue weighted by molar-refractivity contribution is 0.0990. The van der Waals surface area contributed by atoms with E-state index in [0.717, 1.165) is 60.7 Å². The highest BCUT2D eigenvalue weighted by molar-refractivity contribution is 6.09. The van der Waals surface area contributed by atoms with Crippen molar-refractivity contribution in [2.75, 3.05) is 43.2 Å². The van der Waals surface area contributed by atoms with Crippen molar-refractivity contribution in [3.63, 3.8) is 0 Å². The van der Waals surface area contributed by atoms with Crippen molar-refractivity contribution in [2.45, 2.75) is 26.2 Å². The summed E-state index contributed by atoms with van der Waals surface area (Å²) in [7, 11) is 1.72. The molecule has 2 aromatic carbocycles. The molecule has 3 aromatic rings. The van der Waals surface area contributed by atoms with Crippen molar-refractivity contribution in [1.29, 1.82) is 0 Å². The maximum Gasteiger partial charge on any atom is 0.261 e. The van der Waals surface area contributed by atoms with Crippen LogP contribution in [0.2, 0.25) is 0 Å². The molecule has 1 atom stereocenters. The molecule has 0 bridgehead atoms. The van der Waals surface area contributed by atoms with Crippen LogP contribution in [0, 0.1) is 0 Å². The number of amides is 1. The molecular formula is C23H28N4O3. The van der Waals surface area contributed by atoms with E-state index < -0.39 is 0 Å². The first-order valence-electron chi connectivity index (χ1n) is 10.4. The average molecular weight is 409 g/mol. The number of nitrogens with one attached hydrogen (secondary N) is 1. The fourth-order valence-corrected chi connectivity index (χ4v) is 3.82. The highest BCUT2D eigenvalue weighted by Crippen LogP contribution is 2.32. The fraction of sp³-hybridized carbons (Fsp3) is 0.391. The van der Waals surface area contributed by atoms with Gasteiger partial charge in [0.25, 0.3) is 5.91 Å². The van der Waals surface area contributed by atoms with Crippen LogP contribution >= 0.6 is 0 Å². The summed E-state index contributed by atoms with van der Waals surface area (Å²) in [6.45, 7) is 7.40. The lowest BCUT2D eigenvalue weighted by Gasteiger charge is -2.29. The maximum atomic E-state index is 13.2. The first kappa shape index (κ1) is 20.2. The quantitative estimate of drug-likeness (QED) is 0.669. The minimum atomic E-state index is -0.259. The Hall–Kier alpha value is -3.06. The number of hydrogen-bond donors (Lipinski definition) is 2. The van der Waals surface area contributed by atoms with E-state index in [1.807, 2.05) is 24.3 Å². The number of nitrogens with zero attached hydrogens (tertiary/aromatic N) is 3. The van der Waals surface area contributed by atoms with E-state index in [2.05, 4.69) is 28.9 Å². The van der Waals surface area contributed by atoms with Crippen molar-refractivity contribution < 1.29 is 14.6 Å². The smallest absolute Gasteiger partial charge is 0.261 e. The van der Waals surface area contributed by atoms with Gasteiger partial charge < -0.3 is 19.6 Å². The van der Waals surface area contributed by atoms with Crippen molar-refractivity contribution in [3.05, 3.63) is 47.7 Å². The Morgan fingerprint density at radius 3 is 2.63 bits per heavy atom. The molecule has 1 aliphatic rings. The van der Waals surface area contributed by atoms with Crippen molar-refractivity contribution >= 4 is 28.2 Å². The van der Waals surface area contributed by atoms with Crippen LogP contribution in [0.1, 0.15) is 42.2 Å². The molecule has 0 radical (unpaired) electrons. The van der Waals surface area contributed by atoms with Crippen LogP contribution in [0.3, 0.4) is 0 Å². The van der Waals surface area contributed by atoms with Crippen LogP contribution in [0.4, 0.5) is 11.4 Å². The Morgan fingerprint density at radius 1 is 1.27 bits per heavy atom. The number of ether oxygens (including phenoxy) is 1. The molecule has 30 heavy (non-hydrogen) atoms. The van der Waals surface area contributed by atoms with Gasteiger partial charge in [-0.15, -0.1) is 0 Å². The summed E-state index contributed by atoms with van der Waals surface area (Å²) in [6, 6.07) is 11.2. The summed E-state index contributed by atoms with van der Waals surface area (Å²) >= 11 is 0. The molecule has 1 aliphatic heterocycles. The highest BCUT2D eigenvalue weighted by Gasteiger charge is 2.21. The zero-order valence-electron chi connectivity index (χ0n) is 17.7. The van der Waals surface area contributed by atoms with Crippen LogP contribution in [-0.2, 0) is 4.74 Å². The molecule has 1 saturated heterocycles. The van der Waals surface area contributed by atoms with E-state index in [-0.39, 0.29) is 23.1 Å². The number of morpholine rings is 1. The Balaban J connectivity index is 1.60. The van der Waals surface area contributed by atoms with Crippen LogP contribution < -0.4 is 9.80 Å². The molecule has 1 aromatic heterocycles. The number of hydrogen-bond acceptors (Lipinski definition) is 5. The molecule has 0 saturated carbocycles. The number of aromatic amines is 1. The standard InChI is InChI=1S/C23H28N4O3/c1-4-15(2)22-18-13-19(21(28)14-20(18)24-25-22)23(29)26(3)16-5-7-17(8-6-16)27-9-11-30-12-10-27/h5-8,13-15,28H,4,9-12H2,1-3H3,(H,24,25). The highest BCUT2D eigenvalue weighted by atomic mass is 16.5. The topological polar surface area (TPSA) is 81.7 Å². The Morgan fingerprint density at radius 2 is 1.97 bits per heavy atom. The average Bonchev–Trinajstić information content (AvgIpc) is 3.20. The number of fused-ring (bicyclic) bond motifs is 1. The monoisotopic (exact) mass is 408 g/mol. The second kappa shape index (κ2) is 8.36. The molecule has 1 unspecified atom stereocenters. The van der Waals surface area contributed by atoms with E-state index >= 15 is 0 Å². The van der Waals surface area contributed by atoms with Gasteiger partial charge >= 0.3 is 0 Å². The summed E-state index contributed by atoms with van der Waals surface area (Å²) in [6.07, 6.45) is 0.944. The van der Waals surface area contributed by atoms with Gasteiger partial charge in [-0.1, -0.05) is 13.8 Å². The summed E-state index contributed by atoms with van der Waals surface area (Å²) in [4.78, 5) is 17.0. The van der Waals surface area contributed by atoms with Crippen molar-refractivity contribution in [2.24, 2.45) is 0 Å². The van der Waals surface area contributed by atoms with Crippen LogP contribution in [0.15, 0.2) is 36.4 Å². The number of carbonyl (C=O) groups is 1. The predicted molar refractivity (Wildman–Crippen MR) is 119 cm³/mol. The maximum absolute atomic E-state index is 13.2. The number of H-pyrrole nitrogens is 1. The normalized spacial score (nSPS) is 15.4. The molecule has 1 fully saturated rings. The number of phenolic OH excluding ortho intramolecular Hbond substituents is 1. The third-order valence-corrected chi connectivity index (χ3v) is 5.94. The summed E-state index contributed by atoms with van der Waals surface area (Å²) < 4.78 is 5.40. The number of anilines is 2. The number of benzene rings is 2. The zero-order chi connectivity index (χ0) is 21.3. The Kier molecular flexibility index (Phi) is 5.63. The lowest BCUT2D eigenvalue weighted by Crippen LogP contribution is -2.36. The number of carbonyl (C=O) groups excluding carboxylic acids is 1. The molecule has 0 spiro atoms. The third-order valence-electron chi connectivity index (χ3n) is 5.94. The number of aromatic nitrogens is 2. The molecule has 158 valence electrons. The van der Waals surface area contributed by atoms with E-state index in [1.54, 1.807) is 24.1 Å². The molecule has 7 heteroatoms. The molecule has 7 nitrogen and oxygen atoms in total. The van der Waals surface area contributed by atoms with E-state index in [0.29, 0.717) is 0 Å².